The number of nitro benzene ring substituents is 1. The minimum atomic E-state index is -0.662. The molecule has 1 heterocycles. The smallest absolute Gasteiger partial charge is 0.299 e. The second-order valence-corrected chi connectivity index (χ2v) is 3.15. The number of nitro groups is 1. The maximum absolute atomic E-state index is 11.3. The van der Waals surface area contributed by atoms with E-state index in [1.165, 1.54) is 25.2 Å². The number of amides is 1. The number of hydrogen-bond acceptors (Lipinski definition) is 4. The first-order valence-corrected chi connectivity index (χ1v) is 4.13. The van der Waals surface area contributed by atoms with Gasteiger partial charge in [-0.05, 0) is 6.07 Å². The van der Waals surface area contributed by atoms with Crippen molar-refractivity contribution in [3.05, 3.63) is 33.9 Å². The first kappa shape index (κ1) is 9.32. The van der Waals surface area contributed by atoms with Crippen LogP contribution >= 0.6 is 0 Å². The zero-order chi connectivity index (χ0) is 11.2. The number of anilines is 1. The highest BCUT2D eigenvalue weighted by Gasteiger charge is 2.34. The van der Waals surface area contributed by atoms with Crippen LogP contribution in [0.2, 0.25) is 0 Å². The zero-order valence-electron chi connectivity index (χ0n) is 7.76. The van der Waals surface area contributed by atoms with Gasteiger partial charge in [-0.1, -0.05) is 0 Å². The first-order chi connectivity index (χ1) is 7.02. The molecule has 0 N–H and O–H groups in total. The number of Topliss-reactive ketones (excluding diaryl/α,β-unsaturated/α-hetero) is 1. The molecule has 6 heteroatoms. The number of non-ortho nitro benzene ring substituents is 1. The third-order valence-corrected chi connectivity index (χ3v) is 2.30. The number of carbonyl (C=O) groups excluding carboxylic acids is 2. The molecular weight excluding hydrogens is 200 g/mol. The lowest BCUT2D eigenvalue weighted by atomic mass is 10.1. The van der Waals surface area contributed by atoms with Gasteiger partial charge in [-0.3, -0.25) is 19.7 Å². The zero-order valence-corrected chi connectivity index (χ0v) is 7.76. The lowest BCUT2D eigenvalue weighted by Gasteiger charge is -2.07. The number of carbonyl (C=O) groups is 2. The number of benzene rings is 1. The summed E-state index contributed by atoms with van der Waals surface area (Å²) in [4.78, 5) is 33.6. The van der Waals surface area contributed by atoms with E-state index in [4.69, 9.17) is 0 Å². The first-order valence-electron chi connectivity index (χ1n) is 4.13. The van der Waals surface area contributed by atoms with Crippen LogP contribution in [-0.4, -0.2) is 23.7 Å². The van der Waals surface area contributed by atoms with Crippen LogP contribution < -0.4 is 4.90 Å². The van der Waals surface area contributed by atoms with Gasteiger partial charge >= 0.3 is 0 Å². The molecule has 0 saturated carbocycles. The van der Waals surface area contributed by atoms with Gasteiger partial charge in [-0.2, -0.15) is 0 Å². The Morgan fingerprint density at radius 3 is 2.60 bits per heavy atom. The lowest BCUT2D eigenvalue weighted by molar-refractivity contribution is -0.384. The van der Waals surface area contributed by atoms with Crippen LogP contribution in [0.25, 0.3) is 0 Å². The molecule has 2 rings (SSSR count). The van der Waals surface area contributed by atoms with Crippen LogP contribution in [0, 0.1) is 10.1 Å². The Kier molecular flexibility index (Phi) is 1.79. The van der Waals surface area contributed by atoms with Crippen molar-refractivity contribution in [1.82, 2.24) is 0 Å². The summed E-state index contributed by atoms with van der Waals surface area (Å²) >= 11 is 0. The predicted molar refractivity (Wildman–Crippen MR) is 50.8 cm³/mol. The lowest BCUT2D eigenvalue weighted by Crippen LogP contribution is -2.24. The summed E-state index contributed by atoms with van der Waals surface area (Å²) in [6.07, 6.45) is 0. The number of nitrogens with zero attached hydrogens (tertiary/aromatic N) is 2. The van der Waals surface area contributed by atoms with Crippen molar-refractivity contribution in [3.8, 4) is 0 Å². The van der Waals surface area contributed by atoms with E-state index in [1.54, 1.807) is 0 Å². The van der Waals surface area contributed by atoms with Crippen molar-refractivity contribution in [1.29, 1.82) is 0 Å². The third-order valence-electron chi connectivity index (χ3n) is 2.30. The third kappa shape index (κ3) is 1.18. The molecule has 1 amide bonds. The topological polar surface area (TPSA) is 80.5 Å². The Morgan fingerprint density at radius 2 is 2.00 bits per heavy atom. The summed E-state index contributed by atoms with van der Waals surface area (Å²) in [6, 6.07) is 3.73. The van der Waals surface area contributed by atoms with Crippen molar-refractivity contribution in [2.24, 2.45) is 0 Å². The van der Waals surface area contributed by atoms with Gasteiger partial charge in [0.2, 0.25) is 0 Å². The van der Waals surface area contributed by atoms with Crippen molar-refractivity contribution in [2.45, 2.75) is 0 Å². The predicted octanol–water partition coefficient (Wildman–Crippen LogP) is 0.754. The standard InChI is InChI=1S/C9H6N2O4/c1-10-7-4-5(11(14)15)2-3-6(7)8(12)9(10)13/h2-4H,1H3. The van der Waals surface area contributed by atoms with Gasteiger partial charge in [0.05, 0.1) is 16.2 Å². The van der Waals surface area contributed by atoms with E-state index in [1.807, 2.05) is 0 Å². The van der Waals surface area contributed by atoms with Gasteiger partial charge < -0.3 is 4.90 Å². The van der Waals surface area contributed by atoms with Gasteiger partial charge in [-0.15, -0.1) is 0 Å². The summed E-state index contributed by atoms with van der Waals surface area (Å²) in [5, 5.41) is 10.5. The number of hydrogen-bond donors (Lipinski definition) is 0. The largest absolute Gasteiger partial charge is 0.308 e. The minimum Gasteiger partial charge on any atom is -0.308 e. The highest BCUT2D eigenvalue weighted by Crippen LogP contribution is 2.30. The molecule has 6 nitrogen and oxygen atoms in total. The van der Waals surface area contributed by atoms with E-state index in [2.05, 4.69) is 0 Å². The molecule has 1 aromatic rings. The van der Waals surface area contributed by atoms with Crippen LogP contribution in [0.3, 0.4) is 0 Å². The van der Waals surface area contributed by atoms with Crippen molar-refractivity contribution < 1.29 is 14.5 Å². The van der Waals surface area contributed by atoms with Crippen LogP contribution in [-0.2, 0) is 4.79 Å². The number of likely N-dealkylation sites (N-methyl/N-ethyl adjacent to an activating group) is 1. The number of rotatable bonds is 1. The second kappa shape index (κ2) is 2.88. The van der Waals surface area contributed by atoms with Crippen LogP contribution in [0.1, 0.15) is 10.4 Å². The van der Waals surface area contributed by atoms with Gasteiger partial charge in [-0.25, -0.2) is 0 Å². The average molecular weight is 206 g/mol. The molecule has 1 aliphatic heterocycles. The van der Waals surface area contributed by atoms with E-state index in [0.717, 1.165) is 4.90 Å². The molecule has 0 fully saturated rings. The fraction of sp³-hybridized carbons (Fsp3) is 0.111. The molecule has 76 valence electrons. The maximum Gasteiger partial charge on any atom is 0.299 e. The second-order valence-electron chi connectivity index (χ2n) is 3.15. The Labute approximate surface area is 84.3 Å². The number of ketones is 1. The fourth-order valence-electron chi connectivity index (χ4n) is 1.48. The van der Waals surface area contributed by atoms with Gasteiger partial charge in [0.15, 0.2) is 0 Å². The molecule has 15 heavy (non-hydrogen) atoms. The summed E-state index contributed by atoms with van der Waals surface area (Å²) in [5.41, 5.74) is 0.371. The van der Waals surface area contributed by atoms with Crippen LogP contribution in [0.4, 0.5) is 11.4 Å². The maximum atomic E-state index is 11.3. The quantitative estimate of drug-likeness (QED) is 0.386. The number of fused-ring (bicyclic) bond motifs is 1. The molecule has 0 unspecified atom stereocenters. The Hall–Kier alpha value is -2.24. The van der Waals surface area contributed by atoms with Crippen LogP contribution in [0.15, 0.2) is 18.2 Å². The van der Waals surface area contributed by atoms with E-state index in [-0.39, 0.29) is 11.3 Å². The SMILES string of the molecule is CN1C(=O)C(=O)c2ccc([N+](=O)[O-])cc21. The molecule has 0 spiro atoms. The Bertz CT molecular complexity index is 495. The average Bonchev–Trinajstić information content (AvgIpc) is 2.44. The highest BCUT2D eigenvalue weighted by atomic mass is 16.6. The van der Waals surface area contributed by atoms with E-state index < -0.39 is 16.6 Å². The molecule has 1 aliphatic rings. The van der Waals surface area contributed by atoms with E-state index in [0.29, 0.717) is 5.69 Å². The monoisotopic (exact) mass is 206 g/mol. The van der Waals surface area contributed by atoms with Crippen LogP contribution in [0.5, 0.6) is 0 Å². The van der Waals surface area contributed by atoms with Crippen molar-refractivity contribution in [3.63, 3.8) is 0 Å². The highest BCUT2D eigenvalue weighted by molar-refractivity contribution is 6.52. The van der Waals surface area contributed by atoms with E-state index in [9.17, 15) is 19.7 Å². The molecule has 0 atom stereocenters. The summed E-state index contributed by atoms with van der Waals surface area (Å²) in [5.74, 6) is -1.28. The van der Waals surface area contributed by atoms with Gasteiger partial charge in [0.25, 0.3) is 17.4 Å². The van der Waals surface area contributed by atoms with E-state index >= 15 is 0 Å². The molecule has 0 aliphatic carbocycles. The normalized spacial score (nSPS) is 14.3. The van der Waals surface area contributed by atoms with Crippen molar-refractivity contribution in [2.75, 3.05) is 11.9 Å². The fourth-order valence-corrected chi connectivity index (χ4v) is 1.48. The molecule has 0 saturated heterocycles. The molecule has 0 aromatic heterocycles. The van der Waals surface area contributed by atoms with Crippen molar-refractivity contribution >= 4 is 23.1 Å². The summed E-state index contributed by atoms with van der Waals surface area (Å²) < 4.78 is 0. The summed E-state index contributed by atoms with van der Waals surface area (Å²) in [6.45, 7) is 0. The Morgan fingerprint density at radius 1 is 1.33 bits per heavy atom. The minimum absolute atomic E-state index is 0.136. The van der Waals surface area contributed by atoms with Gasteiger partial charge in [0, 0.05) is 19.2 Å². The van der Waals surface area contributed by atoms with Gasteiger partial charge in [0.1, 0.15) is 0 Å². The molecular formula is C9H6N2O4. The molecule has 1 aromatic carbocycles. The Balaban J connectivity index is 2.61. The molecule has 0 bridgehead atoms. The molecule has 0 radical (unpaired) electrons. The summed E-state index contributed by atoms with van der Waals surface area (Å²) in [7, 11) is 1.41.